The van der Waals surface area contributed by atoms with Crippen molar-refractivity contribution >= 4 is 44.5 Å². The number of carboxylic acid groups (broad SMARTS) is 1. The SMILES string of the molecule is Cc1c(N2CCCCC2)nc2ccc(Br)cc2c1C(=O)NCC(CCC(=O)O)c1c(F)cccc1F. The molecule has 0 radical (unpaired) electrons. The van der Waals surface area contributed by atoms with Crippen LogP contribution in [0.25, 0.3) is 10.9 Å². The Bertz CT molecular complexity index is 1270. The third-order valence-electron chi connectivity index (χ3n) is 6.67. The molecule has 1 saturated heterocycles. The molecule has 3 aromatic rings. The predicted molar refractivity (Wildman–Crippen MR) is 139 cm³/mol. The Morgan fingerprint density at radius 2 is 1.83 bits per heavy atom. The van der Waals surface area contributed by atoms with E-state index >= 15 is 0 Å². The number of hydrogen-bond acceptors (Lipinski definition) is 4. The molecule has 1 aliphatic heterocycles. The van der Waals surface area contributed by atoms with Gasteiger partial charge in [0.05, 0.1) is 11.1 Å². The fourth-order valence-electron chi connectivity index (χ4n) is 4.88. The Labute approximate surface area is 216 Å². The highest BCUT2D eigenvalue weighted by Gasteiger charge is 2.25. The van der Waals surface area contributed by atoms with Crippen molar-refractivity contribution in [2.24, 2.45) is 0 Å². The van der Waals surface area contributed by atoms with Gasteiger partial charge in [0.1, 0.15) is 17.5 Å². The molecule has 0 saturated carbocycles. The van der Waals surface area contributed by atoms with Gasteiger partial charge in [-0.2, -0.15) is 0 Å². The van der Waals surface area contributed by atoms with Gasteiger partial charge in [0.2, 0.25) is 0 Å². The smallest absolute Gasteiger partial charge is 0.303 e. The average Bonchev–Trinajstić information content (AvgIpc) is 2.85. The van der Waals surface area contributed by atoms with Crippen LogP contribution in [0.5, 0.6) is 0 Å². The van der Waals surface area contributed by atoms with Crippen LogP contribution in [0.4, 0.5) is 14.6 Å². The summed E-state index contributed by atoms with van der Waals surface area (Å²) in [6.45, 7) is 3.48. The number of anilines is 1. The molecule has 2 aromatic carbocycles. The number of amides is 1. The lowest BCUT2D eigenvalue weighted by atomic mass is 9.92. The van der Waals surface area contributed by atoms with E-state index in [9.17, 15) is 18.4 Å². The summed E-state index contributed by atoms with van der Waals surface area (Å²) >= 11 is 3.47. The van der Waals surface area contributed by atoms with Crippen molar-refractivity contribution < 1.29 is 23.5 Å². The number of nitrogens with one attached hydrogen (secondary N) is 1. The monoisotopic (exact) mass is 559 g/mol. The molecule has 1 amide bonds. The standard InChI is InChI=1S/C27H28BrF2N3O3/c1-16-24(19-14-18(28)9-10-22(19)32-26(16)33-12-3-2-4-13-33)27(36)31-15-17(8-11-23(34)35)25-20(29)6-5-7-21(25)30/h5-7,9-10,14,17H,2-4,8,11-13,15H2,1H3,(H,31,36)(H,34,35). The van der Waals surface area contributed by atoms with Crippen molar-refractivity contribution in [2.45, 2.75) is 44.9 Å². The summed E-state index contributed by atoms with van der Waals surface area (Å²) in [5.74, 6) is -3.07. The van der Waals surface area contributed by atoms with Gasteiger partial charge in [-0.1, -0.05) is 22.0 Å². The van der Waals surface area contributed by atoms with Gasteiger partial charge in [0, 0.05) is 53.0 Å². The highest BCUT2D eigenvalue weighted by molar-refractivity contribution is 9.10. The summed E-state index contributed by atoms with van der Waals surface area (Å²) < 4.78 is 29.9. The van der Waals surface area contributed by atoms with Gasteiger partial charge in [-0.05, 0) is 62.9 Å². The lowest BCUT2D eigenvalue weighted by molar-refractivity contribution is -0.137. The number of carboxylic acids is 1. The topological polar surface area (TPSA) is 82.5 Å². The molecule has 1 unspecified atom stereocenters. The van der Waals surface area contributed by atoms with Crippen molar-refractivity contribution in [3.05, 3.63) is 69.2 Å². The molecule has 36 heavy (non-hydrogen) atoms. The first kappa shape index (κ1) is 26.0. The number of fused-ring (bicyclic) bond motifs is 1. The largest absolute Gasteiger partial charge is 0.481 e. The average molecular weight is 560 g/mol. The van der Waals surface area contributed by atoms with Crippen molar-refractivity contribution in [2.75, 3.05) is 24.5 Å². The van der Waals surface area contributed by atoms with Gasteiger partial charge in [0.25, 0.3) is 5.91 Å². The summed E-state index contributed by atoms with van der Waals surface area (Å²) in [4.78, 5) is 31.8. The maximum Gasteiger partial charge on any atom is 0.303 e. The number of hydrogen-bond donors (Lipinski definition) is 2. The zero-order valence-corrected chi connectivity index (χ0v) is 21.6. The molecule has 4 rings (SSSR count). The van der Waals surface area contributed by atoms with Crippen LogP contribution in [0.1, 0.15) is 59.5 Å². The number of pyridine rings is 1. The van der Waals surface area contributed by atoms with Gasteiger partial charge in [-0.3, -0.25) is 9.59 Å². The molecule has 2 heterocycles. The zero-order chi connectivity index (χ0) is 25.8. The third kappa shape index (κ3) is 5.67. The third-order valence-corrected chi connectivity index (χ3v) is 7.16. The molecule has 1 fully saturated rings. The molecular weight excluding hydrogens is 532 g/mol. The minimum Gasteiger partial charge on any atom is -0.481 e. The van der Waals surface area contributed by atoms with E-state index in [1.165, 1.54) is 6.07 Å². The highest BCUT2D eigenvalue weighted by Crippen LogP contribution is 2.32. The zero-order valence-electron chi connectivity index (χ0n) is 20.0. The normalized spacial score (nSPS) is 14.6. The fourth-order valence-corrected chi connectivity index (χ4v) is 5.24. The van der Waals surface area contributed by atoms with E-state index in [0.29, 0.717) is 16.5 Å². The van der Waals surface area contributed by atoms with Crippen molar-refractivity contribution in [3.63, 3.8) is 0 Å². The van der Waals surface area contributed by atoms with Crippen LogP contribution in [-0.2, 0) is 4.79 Å². The minimum absolute atomic E-state index is 0.0197. The van der Waals surface area contributed by atoms with Crippen LogP contribution in [0, 0.1) is 18.6 Å². The van der Waals surface area contributed by atoms with Gasteiger partial charge in [-0.25, -0.2) is 13.8 Å². The molecular formula is C27H28BrF2N3O3. The number of rotatable bonds is 8. The lowest BCUT2D eigenvalue weighted by Crippen LogP contribution is -2.33. The fraction of sp³-hybridized carbons (Fsp3) is 0.370. The number of benzene rings is 2. The number of nitrogens with zero attached hydrogens (tertiary/aromatic N) is 2. The van der Waals surface area contributed by atoms with E-state index in [1.54, 1.807) is 0 Å². The molecule has 0 spiro atoms. The number of carbonyl (C=O) groups is 2. The first-order valence-corrected chi connectivity index (χ1v) is 12.8. The second-order valence-corrected chi connectivity index (χ2v) is 10.0. The van der Waals surface area contributed by atoms with Crippen LogP contribution in [0.3, 0.4) is 0 Å². The van der Waals surface area contributed by atoms with Gasteiger partial charge in [0.15, 0.2) is 0 Å². The number of aliphatic carboxylic acids is 1. The molecule has 2 N–H and O–H groups in total. The summed E-state index contributed by atoms with van der Waals surface area (Å²) in [6.07, 6.45) is 2.97. The number of piperidine rings is 1. The van der Waals surface area contributed by atoms with E-state index < -0.39 is 29.4 Å². The van der Waals surface area contributed by atoms with Crippen molar-refractivity contribution in [1.82, 2.24) is 10.3 Å². The van der Waals surface area contributed by atoms with E-state index in [2.05, 4.69) is 26.1 Å². The van der Waals surface area contributed by atoms with Gasteiger partial charge < -0.3 is 15.3 Å². The summed E-state index contributed by atoms with van der Waals surface area (Å²) in [7, 11) is 0. The van der Waals surface area contributed by atoms with Crippen LogP contribution in [-0.4, -0.2) is 41.6 Å². The Morgan fingerprint density at radius 3 is 2.50 bits per heavy atom. The molecule has 1 aromatic heterocycles. The van der Waals surface area contributed by atoms with Crippen molar-refractivity contribution in [3.8, 4) is 0 Å². The van der Waals surface area contributed by atoms with Gasteiger partial charge >= 0.3 is 5.97 Å². The Hall–Kier alpha value is -3.07. The molecule has 9 heteroatoms. The highest BCUT2D eigenvalue weighted by atomic mass is 79.9. The summed E-state index contributed by atoms with van der Waals surface area (Å²) in [5, 5.41) is 12.6. The van der Waals surface area contributed by atoms with E-state index in [-0.39, 0.29) is 24.9 Å². The molecule has 0 aliphatic carbocycles. The number of halogens is 3. The molecule has 6 nitrogen and oxygen atoms in total. The maximum absolute atomic E-state index is 14.5. The summed E-state index contributed by atoms with van der Waals surface area (Å²) in [6, 6.07) is 9.09. The second-order valence-electron chi connectivity index (χ2n) is 9.12. The van der Waals surface area contributed by atoms with Crippen LogP contribution in [0.15, 0.2) is 40.9 Å². The minimum atomic E-state index is -1.07. The van der Waals surface area contributed by atoms with Crippen LogP contribution >= 0.6 is 15.9 Å². The Morgan fingerprint density at radius 1 is 1.14 bits per heavy atom. The van der Waals surface area contributed by atoms with Crippen LogP contribution < -0.4 is 10.2 Å². The molecule has 1 aliphatic rings. The second kappa shape index (κ2) is 11.3. The molecule has 190 valence electrons. The first-order valence-electron chi connectivity index (χ1n) is 12.0. The van der Waals surface area contributed by atoms with E-state index in [4.69, 9.17) is 10.1 Å². The van der Waals surface area contributed by atoms with Gasteiger partial charge in [-0.15, -0.1) is 0 Å². The van der Waals surface area contributed by atoms with E-state index in [0.717, 1.165) is 60.3 Å². The Balaban J connectivity index is 1.69. The van der Waals surface area contributed by atoms with E-state index in [1.807, 2.05) is 25.1 Å². The maximum atomic E-state index is 14.5. The number of aromatic nitrogens is 1. The lowest BCUT2D eigenvalue weighted by Gasteiger charge is -2.30. The van der Waals surface area contributed by atoms with Crippen LogP contribution in [0.2, 0.25) is 0 Å². The molecule has 0 bridgehead atoms. The first-order chi connectivity index (χ1) is 17.3. The van der Waals surface area contributed by atoms with Crippen molar-refractivity contribution in [1.29, 1.82) is 0 Å². The molecule has 1 atom stereocenters. The predicted octanol–water partition coefficient (Wildman–Crippen LogP) is 5.95. The summed E-state index contributed by atoms with van der Waals surface area (Å²) in [5.41, 5.74) is 1.65. The number of carbonyl (C=O) groups excluding carboxylic acids is 1. The Kier molecular flexibility index (Phi) is 8.18. The quantitative estimate of drug-likeness (QED) is 0.356.